The molecule has 2 rings (SSSR count). The maximum absolute atomic E-state index is 5.84. The van der Waals surface area contributed by atoms with Gasteiger partial charge in [0, 0.05) is 10.0 Å². The van der Waals surface area contributed by atoms with Gasteiger partial charge in [-0.3, -0.25) is 0 Å². The molecule has 0 bridgehead atoms. The minimum Gasteiger partial charge on any atom is -0.324 e. The zero-order chi connectivity index (χ0) is 12.3. The van der Waals surface area contributed by atoms with Crippen molar-refractivity contribution in [1.29, 1.82) is 0 Å². The highest BCUT2D eigenvalue weighted by Gasteiger charge is 2.00. The van der Waals surface area contributed by atoms with E-state index in [1.807, 2.05) is 0 Å². The minimum atomic E-state index is 0.231. The summed E-state index contributed by atoms with van der Waals surface area (Å²) in [6.45, 7) is 0.231. The number of benzene rings is 1. The Hall–Kier alpha value is -1.50. The van der Waals surface area contributed by atoms with Crippen LogP contribution >= 0.6 is 23.2 Å². The van der Waals surface area contributed by atoms with E-state index in [0.29, 0.717) is 21.6 Å². The van der Waals surface area contributed by atoms with Crippen molar-refractivity contribution in [1.82, 2.24) is 20.2 Å². The van der Waals surface area contributed by atoms with E-state index in [4.69, 9.17) is 28.9 Å². The fourth-order valence-electron chi connectivity index (χ4n) is 1.17. The second-order valence-electron chi connectivity index (χ2n) is 3.12. The van der Waals surface area contributed by atoms with Crippen LogP contribution in [0.3, 0.4) is 0 Å². The molecule has 0 saturated heterocycles. The predicted octanol–water partition coefficient (Wildman–Crippen LogP) is 1.65. The highest BCUT2D eigenvalue weighted by atomic mass is 35.5. The molecule has 0 aliphatic carbocycles. The Labute approximate surface area is 107 Å². The minimum absolute atomic E-state index is 0.231. The van der Waals surface area contributed by atoms with E-state index < -0.39 is 0 Å². The van der Waals surface area contributed by atoms with Crippen molar-refractivity contribution < 1.29 is 0 Å². The van der Waals surface area contributed by atoms with Crippen LogP contribution in [0, 0.1) is 0 Å². The standard InChI is InChI=1S/C9H8Cl2N6/c10-6-1-7(11)3-8(2-6)13-5-17-9(4-12)14-15-16-17/h1-3,5H,4,12H2. The number of hydrogen-bond donors (Lipinski definition) is 1. The van der Waals surface area contributed by atoms with E-state index in [0.717, 1.165) is 0 Å². The second kappa shape index (κ2) is 5.22. The number of nitrogens with zero attached hydrogens (tertiary/aromatic N) is 5. The highest BCUT2D eigenvalue weighted by Crippen LogP contribution is 2.24. The third kappa shape index (κ3) is 3.00. The molecule has 8 heteroatoms. The van der Waals surface area contributed by atoms with Gasteiger partial charge in [0.15, 0.2) is 5.82 Å². The molecule has 0 spiro atoms. The number of hydrogen-bond acceptors (Lipinski definition) is 5. The normalized spacial score (nSPS) is 11.2. The van der Waals surface area contributed by atoms with Crippen molar-refractivity contribution in [2.24, 2.45) is 10.7 Å². The maximum Gasteiger partial charge on any atom is 0.171 e. The molecular weight excluding hydrogens is 263 g/mol. The van der Waals surface area contributed by atoms with Crippen molar-refractivity contribution in [3.63, 3.8) is 0 Å². The van der Waals surface area contributed by atoms with Gasteiger partial charge in [0.2, 0.25) is 0 Å². The van der Waals surface area contributed by atoms with Crippen LogP contribution < -0.4 is 5.73 Å². The molecule has 0 unspecified atom stereocenters. The van der Waals surface area contributed by atoms with E-state index in [2.05, 4.69) is 20.5 Å². The zero-order valence-electron chi connectivity index (χ0n) is 8.59. The predicted molar refractivity (Wildman–Crippen MR) is 65.7 cm³/mol. The summed E-state index contributed by atoms with van der Waals surface area (Å²) in [5.41, 5.74) is 6.06. The van der Waals surface area contributed by atoms with Gasteiger partial charge in [0.05, 0.1) is 12.2 Å². The summed E-state index contributed by atoms with van der Waals surface area (Å²) in [4.78, 5) is 4.15. The lowest BCUT2D eigenvalue weighted by Gasteiger charge is -1.97. The molecule has 88 valence electrons. The molecule has 0 radical (unpaired) electrons. The van der Waals surface area contributed by atoms with Crippen LogP contribution in [-0.4, -0.2) is 26.5 Å². The summed E-state index contributed by atoms with van der Waals surface area (Å²) < 4.78 is 1.38. The quantitative estimate of drug-likeness (QED) is 0.679. The SMILES string of the molecule is NCc1nnnn1C=Nc1cc(Cl)cc(Cl)c1. The van der Waals surface area contributed by atoms with Crippen LogP contribution in [0.25, 0.3) is 0 Å². The van der Waals surface area contributed by atoms with E-state index in [1.165, 1.54) is 11.0 Å². The number of aromatic nitrogens is 4. The van der Waals surface area contributed by atoms with Crippen molar-refractivity contribution in [2.75, 3.05) is 0 Å². The van der Waals surface area contributed by atoms with Crippen LogP contribution in [0.5, 0.6) is 0 Å². The molecular formula is C9H8Cl2N6. The average molecular weight is 271 g/mol. The van der Waals surface area contributed by atoms with Gasteiger partial charge in [-0.1, -0.05) is 23.2 Å². The van der Waals surface area contributed by atoms with Crippen LogP contribution in [0.1, 0.15) is 5.82 Å². The fraction of sp³-hybridized carbons (Fsp3) is 0.111. The van der Waals surface area contributed by atoms with Crippen molar-refractivity contribution in [3.05, 3.63) is 34.1 Å². The van der Waals surface area contributed by atoms with Crippen molar-refractivity contribution >= 4 is 35.2 Å². The zero-order valence-corrected chi connectivity index (χ0v) is 10.1. The van der Waals surface area contributed by atoms with Gasteiger partial charge in [0.25, 0.3) is 0 Å². The van der Waals surface area contributed by atoms with Crippen LogP contribution in [0.4, 0.5) is 5.69 Å². The van der Waals surface area contributed by atoms with Gasteiger partial charge >= 0.3 is 0 Å². The molecule has 2 N–H and O–H groups in total. The van der Waals surface area contributed by atoms with Gasteiger partial charge < -0.3 is 5.73 Å². The number of nitrogens with two attached hydrogens (primary N) is 1. The second-order valence-corrected chi connectivity index (χ2v) is 3.99. The number of tetrazole rings is 1. The lowest BCUT2D eigenvalue weighted by atomic mass is 10.3. The van der Waals surface area contributed by atoms with Crippen LogP contribution in [0.15, 0.2) is 23.2 Å². The molecule has 1 aromatic heterocycles. The molecule has 6 nitrogen and oxygen atoms in total. The van der Waals surface area contributed by atoms with Gasteiger partial charge in [-0.15, -0.1) is 5.10 Å². The first-order chi connectivity index (χ1) is 8.19. The summed E-state index contributed by atoms with van der Waals surface area (Å²) in [6.07, 6.45) is 1.45. The fourth-order valence-corrected chi connectivity index (χ4v) is 1.69. The third-order valence-electron chi connectivity index (χ3n) is 1.91. The van der Waals surface area contributed by atoms with Crippen LogP contribution in [-0.2, 0) is 6.54 Å². The van der Waals surface area contributed by atoms with Crippen LogP contribution in [0.2, 0.25) is 10.0 Å². The molecule has 17 heavy (non-hydrogen) atoms. The summed E-state index contributed by atoms with van der Waals surface area (Å²) in [5.74, 6) is 0.516. The Balaban J connectivity index is 2.25. The Morgan fingerprint density at radius 1 is 1.29 bits per heavy atom. The summed E-state index contributed by atoms with van der Waals surface area (Å²) >= 11 is 11.7. The van der Waals surface area contributed by atoms with E-state index in [9.17, 15) is 0 Å². The molecule has 1 aromatic carbocycles. The average Bonchev–Trinajstić information content (AvgIpc) is 2.72. The number of halogens is 2. The van der Waals surface area contributed by atoms with Crippen molar-refractivity contribution in [2.45, 2.75) is 6.54 Å². The Morgan fingerprint density at radius 2 is 2.00 bits per heavy atom. The molecule has 0 aliphatic heterocycles. The van der Waals surface area contributed by atoms with Crippen molar-refractivity contribution in [3.8, 4) is 0 Å². The number of rotatable bonds is 3. The first kappa shape index (κ1) is 12.0. The molecule has 0 atom stereocenters. The number of aliphatic imine (C=N–C) groups is 1. The topological polar surface area (TPSA) is 82.0 Å². The Kier molecular flexibility index (Phi) is 3.68. The van der Waals surface area contributed by atoms with Gasteiger partial charge in [-0.25, -0.2) is 4.99 Å². The van der Waals surface area contributed by atoms with Gasteiger partial charge in [-0.05, 0) is 28.6 Å². The largest absolute Gasteiger partial charge is 0.324 e. The monoisotopic (exact) mass is 270 g/mol. The molecule has 1 heterocycles. The Morgan fingerprint density at radius 3 is 2.65 bits per heavy atom. The third-order valence-corrected chi connectivity index (χ3v) is 2.34. The molecule has 0 aliphatic rings. The maximum atomic E-state index is 5.84. The Bertz CT molecular complexity index is 530. The lowest BCUT2D eigenvalue weighted by molar-refractivity contribution is 0.811. The summed E-state index contributed by atoms with van der Waals surface area (Å²) in [6, 6.07) is 4.98. The molecule has 0 saturated carbocycles. The molecule has 0 fully saturated rings. The van der Waals surface area contributed by atoms with E-state index in [1.54, 1.807) is 18.2 Å². The van der Waals surface area contributed by atoms with Gasteiger partial charge in [0.1, 0.15) is 6.34 Å². The lowest BCUT2D eigenvalue weighted by Crippen LogP contribution is -2.08. The van der Waals surface area contributed by atoms with Gasteiger partial charge in [-0.2, -0.15) is 4.68 Å². The molecule has 2 aromatic rings. The highest BCUT2D eigenvalue weighted by molar-refractivity contribution is 6.35. The smallest absolute Gasteiger partial charge is 0.171 e. The van der Waals surface area contributed by atoms with E-state index in [-0.39, 0.29) is 6.54 Å². The van der Waals surface area contributed by atoms with E-state index >= 15 is 0 Å². The first-order valence-corrected chi connectivity index (χ1v) is 5.41. The summed E-state index contributed by atoms with van der Waals surface area (Å²) in [7, 11) is 0. The summed E-state index contributed by atoms with van der Waals surface area (Å²) in [5, 5.41) is 11.9. The molecule has 0 amide bonds. The first-order valence-electron chi connectivity index (χ1n) is 4.66.